The standard InChI is InChI=1S/C11H10FN3O4S/c1-15-10(4-5-13-15)20(18,19)14-9-6-7(12)2-3-8(9)11(16)17/h2-6,14H,1H3,(H,16,17). The van der Waals surface area contributed by atoms with Crippen molar-refractivity contribution in [2.75, 3.05) is 4.72 Å². The minimum absolute atomic E-state index is 0.168. The molecular formula is C11H10FN3O4S. The van der Waals surface area contributed by atoms with Gasteiger partial charge in [-0.1, -0.05) is 0 Å². The molecule has 106 valence electrons. The van der Waals surface area contributed by atoms with Crippen LogP contribution in [0.25, 0.3) is 0 Å². The second kappa shape index (κ2) is 4.93. The summed E-state index contributed by atoms with van der Waals surface area (Å²) in [5, 5.41) is 12.5. The quantitative estimate of drug-likeness (QED) is 0.879. The molecule has 9 heteroatoms. The number of aryl methyl sites for hydroxylation is 1. The molecule has 0 atom stereocenters. The summed E-state index contributed by atoms with van der Waals surface area (Å²) in [5.74, 6) is -2.12. The van der Waals surface area contributed by atoms with Crippen molar-refractivity contribution in [2.24, 2.45) is 7.05 Å². The maximum Gasteiger partial charge on any atom is 0.337 e. The van der Waals surface area contributed by atoms with E-state index in [0.717, 1.165) is 22.9 Å². The molecule has 1 aromatic carbocycles. The normalized spacial score (nSPS) is 11.3. The summed E-state index contributed by atoms with van der Waals surface area (Å²) in [6.07, 6.45) is 1.28. The Hall–Kier alpha value is -2.42. The number of rotatable bonds is 4. The molecule has 2 N–H and O–H groups in total. The lowest BCUT2D eigenvalue weighted by molar-refractivity contribution is 0.0698. The number of hydrogen-bond acceptors (Lipinski definition) is 4. The molecule has 0 amide bonds. The zero-order chi connectivity index (χ0) is 14.9. The topological polar surface area (TPSA) is 101 Å². The number of carboxylic acid groups (broad SMARTS) is 1. The number of sulfonamides is 1. The van der Waals surface area contributed by atoms with Crippen LogP contribution in [0, 0.1) is 5.82 Å². The third-order valence-electron chi connectivity index (χ3n) is 2.51. The van der Waals surface area contributed by atoms with Crippen LogP contribution < -0.4 is 4.72 Å². The number of nitrogens with zero attached hydrogens (tertiary/aromatic N) is 2. The summed E-state index contributed by atoms with van der Waals surface area (Å²) >= 11 is 0. The number of aromatic nitrogens is 2. The van der Waals surface area contributed by atoms with Crippen molar-refractivity contribution in [2.45, 2.75) is 5.03 Å². The first-order chi connectivity index (χ1) is 9.31. The molecule has 0 fully saturated rings. The highest BCUT2D eigenvalue weighted by Gasteiger charge is 2.21. The van der Waals surface area contributed by atoms with Crippen molar-refractivity contribution >= 4 is 21.7 Å². The van der Waals surface area contributed by atoms with Crippen LogP contribution in [0.4, 0.5) is 10.1 Å². The molecule has 1 heterocycles. The average molecular weight is 299 g/mol. The SMILES string of the molecule is Cn1nccc1S(=O)(=O)Nc1cc(F)ccc1C(=O)O. The maximum atomic E-state index is 13.2. The Labute approximate surface area is 113 Å². The van der Waals surface area contributed by atoms with Gasteiger partial charge in [0.1, 0.15) is 5.82 Å². The van der Waals surface area contributed by atoms with Crippen molar-refractivity contribution in [3.8, 4) is 0 Å². The first kappa shape index (κ1) is 14.0. The Bertz CT molecular complexity index is 770. The van der Waals surface area contributed by atoms with Gasteiger partial charge in [0, 0.05) is 7.05 Å². The summed E-state index contributed by atoms with van der Waals surface area (Å²) in [4.78, 5) is 11.0. The highest BCUT2D eigenvalue weighted by molar-refractivity contribution is 7.92. The van der Waals surface area contributed by atoms with Gasteiger partial charge in [0.15, 0.2) is 5.03 Å². The van der Waals surface area contributed by atoms with Gasteiger partial charge in [-0.05, 0) is 24.3 Å². The molecule has 1 aromatic heterocycles. The molecule has 7 nitrogen and oxygen atoms in total. The fourth-order valence-corrected chi connectivity index (χ4v) is 2.81. The third kappa shape index (κ3) is 2.62. The van der Waals surface area contributed by atoms with Crippen LogP contribution in [0.15, 0.2) is 35.5 Å². The number of anilines is 1. The summed E-state index contributed by atoms with van der Waals surface area (Å²) in [6, 6.07) is 3.96. The van der Waals surface area contributed by atoms with Crippen molar-refractivity contribution in [1.29, 1.82) is 0 Å². The second-order valence-corrected chi connectivity index (χ2v) is 5.52. The predicted octanol–water partition coefficient (Wildman–Crippen LogP) is 1.06. The van der Waals surface area contributed by atoms with Gasteiger partial charge in [0.2, 0.25) is 0 Å². The van der Waals surface area contributed by atoms with Gasteiger partial charge in [-0.15, -0.1) is 0 Å². The molecular weight excluding hydrogens is 289 g/mol. The van der Waals surface area contributed by atoms with Crippen LogP contribution in [0.3, 0.4) is 0 Å². The molecule has 0 radical (unpaired) electrons. The van der Waals surface area contributed by atoms with E-state index in [1.165, 1.54) is 19.3 Å². The van der Waals surface area contributed by atoms with Crippen LogP contribution in [-0.2, 0) is 17.1 Å². The van der Waals surface area contributed by atoms with E-state index >= 15 is 0 Å². The van der Waals surface area contributed by atoms with E-state index in [-0.39, 0.29) is 16.3 Å². The van der Waals surface area contributed by atoms with Gasteiger partial charge in [-0.3, -0.25) is 9.40 Å². The van der Waals surface area contributed by atoms with Crippen molar-refractivity contribution in [1.82, 2.24) is 9.78 Å². The lowest BCUT2D eigenvalue weighted by Gasteiger charge is -2.10. The predicted molar refractivity (Wildman–Crippen MR) is 67.4 cm³/mol. The molecule has 2 rings (SSSR count). The molecule has 0 aliphatic heterocycles. The summed E-state index contributed by atoms with van der Waals surface area (Å²) < 4.78 is 40.5. The van der Waals surface area contributed by atoms with E-state index in [1.807, 2.05) is 4.72 Å². The van der Waals surface area contributed by atoms with Crippen LogP contribution in [0.2, 0.25) is 0 Å². The highest BCUT2D eigenvalue weighted by atomic mass is 32.2. The van der Waals surface area contributed by atoms with Crippen LogP contribution in [0.5, 0.6) is 0 Å². The minimum Gasteiger partial charge on any atom is -0.478 e. The Morgan fingerprint density at radius 1 is 1.40 bits per heavy atom. The van der Waals surface area contributed by atoms with Gasteiger partial charge in [0.25, 0.3) is 10.0 Å². The first-order valence-electron chi connectivity index (χ1n) is 5.35. The molecule has 0 spiro atoms. The molecule has 0 aliphatic rings. The van der Waals surface area contributed by atoms with Crippen molar-refractivity contribution < 1.29 is 22.7 Å². The highest BCUT2D eigenvalue weighted by Crippen LogP contribution is 2.21. The smallest absolute Gasteiger partial charge is 0.337 e. The number of halogens is 1. The Morgan fingerprint density at radius 2 is 2.10 bits per heavy atom. The fourth-order valence-electron chi connectivity index (χ4n) is 1.61. The molecule has 0 saturated carbocycles. The Kier molecular flexibility index (Phi) is 3.45. The number of carbonyl (C=O) groups is 1. The van der Waals surface area contributed by atoms with Crippen LogP contribution in [-0.4, -0.2) is 29.3 Å². The number of benzene rings is 1. The average Bonchev–Trinajstić information content (AvgIpc) is 2.75. The molecule has 0 aliphatic carbocycles. The van der Waals surface area contributed by atoms with Gasteiger partial charge in [-0.25, -0.2) is 9.18 Å². The largest absolute Gasteiger partial charge is 0.478 e. The maximum absolute atomic E-state index is 13.2. The number of carboxylic acids is 1. The van der Waals surface area contributed by atoms with E-state index in [2.05, 4.69) is 5.10 Å². The van der Waals surface area contributed by atoms with Gasteiger partial charge in [-0.2, -0.15) is 13.5 Å². The molecule has 0 unspecified atom stereocenters. The lowest BCUT2D eigenvalue weighted by Crippen LogP contribution is -2.18. The van der Waals surface area contributed by atoms with Gasteiger partial charge < -0.3 is 5.11 Å². The van der Waals surface area contributed by atoms with Crippen molar-refractivity contribution in [3.05, 3.63) is 41.8 Å². The van der Waals surface area contributed by atoms with E-state index < -0.39 is 21.8 Å². The minimum atomic E-state index is -4.05. The summed E-state index contributed by atoms with van der Waals surface area (Å²) in [6.45, 7) is 0. The van der Waals surface area contributed by atoms with E-state index in [4.69, 9.17) is 5.11 Å². The Morgan fingerprint density at radius 3 is 2.65 bits per heavy atom. The molecule has 0 saturated heterocycles. The summed E-state index contributed by atoms with van der Waals surface area (Å²) in [5.41, 5.74) is -0.698. The molecule has 0 bridgehead atoms. The molecule has 2 aromatic rings. The molecule has 20 heavy (non-hydrogen) atoms. The number of aromatic carboxylic acids is 1. The lowest BCUT2D eigenvalue weighted by atomic mass is 10.2. The number of hydrogen-bond donors (Lipinski definition) is 2. The van der Waals surface area contributed by atoms with Crippen LogP contribution >= 0.6 is 0 Å². The zero-order valence-electron chi connectivity index (χ0n) is 10.2. The van der Waals surface area contributed by atoms with Crippen LogP contribution in [0.1, 0.15) is 10.4 Å². The Balaban J connectivity index is 2.47. The first-order valence-corrected chi connectivity index (χ1v) is 6.83. The van der Waals surface area contributed by atoms with Gasteiger partial charge in [0.05, 0.1) is 17.4 Å². The zero-order valence-corrected chi connectivity index (χ0v) is 11.1. The van der Waals surface area contributed by atoms with E-state index in [1.54, 1.807) is 0 Å². The monoisotopic (exact) mass is 299 g/mol. The summed E-state index contributed by atoms with van der Waals surface area (Å²) in [7, 11) is -2.64. The second-order valence-electron chi connectivity index (χ2n) is 3.89. The third-order valence-corrected chi connectivity index (χ3v) is 3.95. The van der Waals surface area contributed by atoms with E-state index in [9.17, 15) is 17.6 Å². The van der Waals surface area contributed by atoms with E-state index in [0.29, 0.717) is 0 Å². The van der Waals surface area contributed by atoms with Crippen molar-refractivity contribution in [3.63, 3.8) is 0 Å². The van der Waals surface area contributed by atoms with Gasteiger partial charge >= 0.3 is 5.97 Å². The number of nitrogens with one attached hydrogen (secondary N) is 1. The fraction of sp³-hybridized carbons (Fsp3) is 0.0909.